The number of ether oxygens (including phenoxy) is 4. The molecule has 0 aliphatic rings. The van der Waals surface area contributed by atoms with Crippen LogP contribution in [0.2, 0.25) is 0 Å². The van der Waals surface area contributed by atoms with Crippen LogP contribution in [-0.4, -0.2) is 96.7 Å². The van der Waals surface area contributed by atoms with Crippen LogP contribution >= 0.6 is 15.6 Å². The normalized spacial score (nSPS) is 14.7. The van der Waals surface area contributed by atoms with Crippen LogP contribution in [0.5, 0.6) is 0 Å². The summed E-state index contributed by atoms with van der Waals surface area (Å²) in [4.78, 5) is 71.0. The summed E-state index contributed by atoms with van der Waals surface area (Å²) >= 11 is 0. The fourth-order valence-corrected chi connectivity index (χ4v) is 8.73. The first-order chi connectivity index (χ1) is 34.7. The number of rotatable bonds is 52. The molecule has 2 unspecified atom stereocenters. The number of aliphatic hydroxyl groups excluding tert-OH is 1. The Morgan fingerprint density at radius 2 is 0.667 bits per heavy atom. The number of allylic oxidation sites excluding steroid dienone is 4. The van der Waals surface area contributed by atoms with E-state index in [2.05, 4.69) is 52.0 Å². The monoisotopic (exact) mass is 1070 g/mol. The van der Waals surface area contributed by atoms with Gasteiger partial charge in [0.05, 0.1) is 26.4 Å². The van der Waals surface area contributed by atoms with Crippen LogP contribution in [0.3, 0.4) is 0 Å². The van der Waals surface area contributed by atoms with Crippen LogP contribution < -0.4 is 0 Å². The van der Waals surface area contributed by atoms with Gasteiger partial charge in [0.25, 0.3) is 0 Å². The molecule has 0 spiro atoms. The van der Waals surface area contributed by atoms with Crippen molar-refractivity contribution in [2.45, 2.75) is 251 Å². The smallest absolute Gasteiger partial charge is 0.462 e. The lowest BCUT2D eigenvalue weighted by Gasteiger charge is -2.21. The third kappa shape index (κ3) is 47.3. The van der Waals surface area contributed by atoms with E-state index in [0.29, 0.717) is 25.7 Å². The SMILES string of the molecule is CCCCCC/C=C\C=C/CCCCCCCC(=O)O[C@H](COC(=O)CCCCCCCCC)COP(=O)(O)OC[C@@H](O)COP(=O)(O)OC[C@@H](COC(=O)CCCCCCC)OC(=O)CCCCCCC. The predicted molar refractivity (Wildman–Crippen MR) is 280 cm³/mol. The number of esters is 4. The molecule has 0 saturated heterocycles. The van der Waals surface area contributed by atoms with Crippen molar-refractivity contribution in [1.29, 1.82) is 0 Å². The van der Waals surface area contributed by atoms with Crippen molar-refractivity contribution >= 4 is 39.5 Å². The molecule has 19 heteroatoms. The first kappa shape index (κ1) is 69.5. The van der Waals surface area contributed by atoms with Gasteiger partial charge < -0.3 is 33.8 Å². The van der Waals surface area contributed by atoms with Crippen molar-refractivity contribution in [1.82, 2.24) is 0 Å². The number of phosphoric acid groups is 2. The summed E-state index contributed by atoms with van der Waals surface area (Å²) in [7, 11) is -9.85. The molecule has 3 N–H and O–H groups in total. The van der Waals surface area contributed by atoms with E-state index in [4.69, 9.17) is 37.0 Å². The Kier molecular flexibility index (Phi) is 46.6. The summed E-state index contributed by atoms with van der Waals surface area (Å²) in [6, 6.07) is 0. The molecule has 0 aromatic rings. The second-order valence-corrected chi connectivity index (χ2v) is 21.5. The number of phosphoric ester groups is 2. The molecule has 0 amide bonds. The number of carbonyl (C=O) groups excluding carboxylic acids is 4. The van der Waals surface area contributed by atoms with Crippen molar-refractivity contribution in [3.05, 3.63) is 24.3 Å². The molecule has 0 heterocycles. The molecular weight excluding hydrogens is 971 g/mol. The topological polar surface area (TPSA) is 237 Å². The predicted octanol–water partition coefficient (Wildman–Crippen LogP) is 13.2. The summed E-state index contributed by atoms with van der Waals surface area (Å²) < 4.78 is 66.9. The molecule has 0 aromatic heterocycles. The van der Waals surface area contributed by atoms with Gasteiger partial charge in [-0.25, -0.2) is 9.13 Å². The van der Waals surface area contributed by atoms with E-state index in [1.165, 1.54) is 32.1 Å². The molecule has 0 radical (unpaired) electrons. The lowest BCUT2D eigenvalue weighted by molar-refractivity contribution is -0.161. The van der Waals surface area contributed by atoms with Gasteiger partial charge >= 0.3 is 39.5 Å². The van der Waals surface area contributed by atoms with E-state index in [9.17, 15) is 43.2 Å². The van der Waals surface area contributed by atoms with Gasteiger partial charge in [-0.05, 0) is 51.4 Å². The molecule has 0 fully saturated rings. The van der Waals surface area contributed by atoms with Crippen molar-refractivity contribution in [3.8, 4) is 0 Å². The largest absolute Gasteiger partial charge is 0.472 e. The Morgan fingerprint density at radius 3 is 1.01 bits per heavy atom. The Balaban J connectivity index is 5.13. The second-order valence-electron chi connectivity index (χ2n) is 18.6. The third-order valence-electron chi connectivity index (χ3n) is 11.5. The highest BCUT2D eigenvalue weighted by atomic mass is 31.2. The second kappa shape index (κ2) is 48.2. The number of unbranched alkanes of at least 4 members (excludes halogenated alkanes) is 23. The van der Waals surface area contributed by atoms with Crippen LogP contribution in [0.15, 0.2) is 24.3 Å². The highest BCUT2D eigenvalue weighted by molar-refractivity contribution is 7.47. The van der Waals surface area contributed by atoms with Crippen LogP contribution in [-0.2, 0) is 65.4 Å². The average molecular weight is 1070 g/mol. The number of hydrogen-bond acceptors (Lipinski definition) is 15. The van der Waals surface area contributed by atoms with Crippen LogP contribution in [0.25, 0.3) is 0 Å². The summed E-state index contributed by atoms with van der Waals surface area (Å²) in [5, 5.41) is 10.4. The number of hydrogen-bond donors (Lipinski definition) is 3. The number of carbonyl (C=O) groups is 4. The minimum absolute atomic E-state index is 0.0844. The minimum atomic E-state index is -4.93. The first-order valence-electron chi connectivity index (χ1n) is 27.6. The molecule has 5 atom stereocenters. The molecule has 0 saturated carbocycles. The molecule has 422 valence electrons. The first-order valence-corrected chi connectivity index (χ1v) is 30.6. The van der Waals surface area contributed by atoms with Gasteiger partial charge in [0, 0.05) is 25.7 Å². The fourth-order valence-electron chi connectivity index (χ4n) is 7.15. The molecule has 0 aliphatic carbocycles. The maximum absolute atomic E-state index is 12.8. The lowest BCUT2D eigenvalue weighted by Crippen LogP contribution is -2.30. The van der Waals surface area contributed by atoms with Gasteiger partial charge in [-0.1, -0.05) is 180 Å². The molecule has 0 aromatic carbocycles. The molecular formula is C53H98O17P2. The molecule has 72 heavy (non-hydrogen) atoms. The maximum Gasteiger partial charge on any atom is 0.472 e. The summed E-state index contributed by atoms with van der Waals surface area (Å²) in [6.07, 6.45) is 32.5. The van der Waals surface area contributed by atoms with E-state index in [-0.39, 0.29) is 25.7 Å². The zero-order valence-electron chi connectivity index (χ0n) is 44.9. The average Bonchev–Trinajstić information content (AvgIpc) is 3.35. The maximum atomic E-state index is 12.8. The fraction of sp³-hybridized carbons (Fsp3) is 0.849. The Bertz CT molecular complexity index is 1510. The van der Waals surface area contributed by atoms with Crippen molar-refractivity contribution < 1.29 is 80.2 Å². The molecule has 0 aliphatic heterocycles. The van der Waals surface area contributed by atoms with Crippen molar-refractivity contribution in [2.24, 2.45) is 0 Å². The van der Waals surface area contributed by atoms with Gasteiger partial charge in [0.2, 0.25) is 0 Å². The summed E-state index contributed by atoms with van der Waals surface area (Å²) in [6.45, 7) is 4.51. The van der Waals surface area contributed by atoms with E-state index in [1.54, 1.807) is 0 Å². The van der Waals surface area contributed by atoms with Gasteiger partial charge in [-0.3, -0.25) is 37.3 Å². The lowest BCUT2D eigenvalue weighted by atomic mass is 10.1. The summed E-state index contributed by atoms with van der Waals surface area (Å²) in [5.74, 6) is -2.21. The van der Waals surface area contributed by atoms with Crippen molar-refractivity contribution in [3.63, 3.8) is 0 Å². The van der Waals surface area contributed by atoms with E-state index >= 15 is 0 Å². The molecule has 0 bridgehead atoms. The highest BCUT2D eigenvalue weighted by Gasteiger charge is 2.30. The zero-order chi connectivity index (χ0) is 53.4. The minimum Gasteiger partial charge on any atom is -0.462 e. The summed E-state index contributed by atoms with van der Waals surface area (Å²) in [5.41, 5.74) is 0. The van der Waals surface area contributed by atoms with E-state index < -0.39 is 97.5 Å². The third-order valence-corrected chi connectivity index (χ3v) is 13.4. The van der Waals surface area contributed by atoms with Gasteiger partial charge in [-0.15, -0.1) is 0 Å². The van der Waals surface area contributed by atoms with E-state index in [1.807, 2.05) is 0 Å². The molecule has 0 rings (SSSR count). The van der Waals surface area contributed by atoms with Crippen molar-refractivity contribution in [2.75, 3.05) is 39.6 Å². The van der Waals surface area contributed by atoms with Crippen LogP contribution in [0, 0.1) is 0 Å². The van der Waals surface area contributed by atoms with Gasteiger partial charge in [0.1, 0.15) is 19.3 Å². The zero-order valence-corrected chi connectivity index (χ0v) is 46.7. The van der Waals surface area contributed by atoms with Gasteiger partial charge in [0.15, 0.2) is 12.2 Å². The highest BCUT2D eigenvalue weighted by Crippen LogP contribution is 2.45. The van der Waals surface area contributed by atoms with E-state index in [0.717, 1.165) is 122 Å². The molecule has 17 nitrogen and oxygen atoms in total. The number of aliphatic hydroxyl groups is 1. The quantitative estimate of drug-likeness (QED) is 0.0169. The van der Waals surface area contributed by atoms with Crippen LogP contribution in [0.1, 0.15) is 233 Å². The van der Waals surface area contributed by atoms with Crippen LogP contribution in [0.4, 0.5) is 0 Å². The Hall–Kier alpha value is -2.46. The van der Waals surface area contributed by atoms with Gasteiger partial charge in [-0.2, -0.15) is 0 Å². The Morgan fingerprint density at radius 1 is 0.389 bits per heavy atom. The Labute approximate surface area is 433 Å². The standard InChI is InChI=1S/C53H98O17P2/c1-5-9-13-17-19-20-21-22-23-24-25-26-28-32-36-40-53(58)70-49(44-64-51(56)38-34-31-27-18-14-10-6-2)46-68-72(61,62)66-42-47(54)41-65-71(59,60)67-45-48(69-52(57)39-35-30-16-12-8-4)43-63-50(55)37-33-29-15-11-7-3/h20-23,47-49,54H,5-19,24-46H2,1-4H3,(H,59,60)(H,61,62)/b21-20-,23-22-/t47-,48+,49+/m0/s1.